The van der Waals surface area contributed by atoms with E-state index in [2.05, 4.69) is 10.3 Å². The van der Waals surface area contributed by atoms with E-state index < -0.39 is 0 Å². The third-order valence-electron chi connectivity index (χ3n) is 3.82. The summed E-state index contributed by atoms with van der Waals surface area (Å²) in [5.41, 5.74) is 1.10. The minimum Gasteiger partial charge on any atom is -0.446 e. The number of methoxy groups -OCH3 is 2. The number of nitrogens with one attached hydrogen (secondary N) is 1. The van der Waals surface area contributed by atoms with Crippen LogP contribution in [0.15, 0.2) is 41.0 Å². The van der Waals surface area contributed by atoms with Gasteiger partial charge in [0.2, 0.25) is 11.8 Å². The number of aromatic nitrogens is 1. The SMILES string of the molecule is COCCNC(=O)c1coc(CN(CCOC)C(=O)Cc2ccccc2)n1. The first-order valence-electron chi connectivity index (χ1n) is 8.66. The van der Waals surface area contributed by atoms with E-state index in [1.165, 1.54) is 6.26 Å². The fourth-order valence-corrected chi connectivity index (χ4v) is 2.38. The summed E-state index contributed by atoms with van der Waals surface area (Å²) in [6.07, 6.45) is 1.56. The molecule has 2 aromatic rings. The summed E-state index contributed by atoms with van der Waals surface area (Å²) in [7, 11) is 3.13. The Labute approximate surface area is 158 Å². The van der Waals surface area contributed by atoms with E-state index >= 15 is 0 Å². The molecule has 0 bridgehead atoms. The number of hydrogen-bond donors (Lipinski definition) is 1. The number of amides is 2. The number of carbonyl (C=O) groups is 2. The van der Waals surface area contributed by atoms with Gasteiger partial charge in [0, 0.05) is 27.3 Å². The molecule has 2 rings (SSSR count). The Morgan fingerprint density at radius 2 is 1.89 bits per heavy atom. The van der Waals surface area contributed by atoms with Gasteiger partial charge in [0.25, 0.3) is 5.91 Å². The molecule has 8 nitrogen and oxygen atoms in total. The Hall–Kier alpha value is -2.71. The van der Waals surface area contributed by atoms with Crippen LogP contribution in [0, 0.1) is 0 Å². The zero-order valence-electron chi connectivity index (χ0n) is 15.6. The second-order valence-electron chi connectivity index (χ2n) is 5.85. The van der Waals surface area contributed by atoms with E-state index in [4.69, 9.17) is 13.9 Å². The summed E-state index contributed by atoms with van der Waals surface area (Å²) in [5, 5.41) is 2.67. The highest BCUT2D eigenvalue weighted by atomic mass is 16.5. The number of hydrogen-bond acceptors (Lipinski definition) is 6. The molecule has 0 fully saturated rings. The summed E-state index contributed by atoms with van der Waals surface area (Å²) in [5.74, 6) is -0.118. The number of oxazole rings is 1. The van der Waals surface area contributed by atoms with Crippen LogP contribution in [0.1, 0.15) is 21.9 Å². The summed E-state index contributed by atoms with van der Waals surface area (Å²) in [6, 6.07) is 9.50. The molecule has 0 unspecified atom stereocenters. The fraction of sp³-hybridized carbons (Fsp3) is 0.421. The zero-order chi connectivity index (χ0) is 19.5. The molecular weight excluding hydrogens is 350 g/mol. The van der Waals surface area contributed by atoms with Gasteiger partial charge in [0.1, 0.15) is 6.26 Å². The second-order valence-corrected chi connectivity index (χ2v) is 5.85. The Balaban J connectivity index is 1.98. The van der Waals surface area contributed by atoms with Crippen LogP contribution in [0.4, 0.5) is 0 Å². The van der Waals surface area contributed by atoms with Crippen molar-refractivity contribution in [3.8, 4) is 0 Å². The highest BCUT2D eigenvalue weighted by molar-refractivity contribution is 5.91. The molecule has 1 aromatic heterocycles. The lowest BCUT2D eigenvalue weighted by Gasteiger charge is -2.20. The largest absolute Gasteiger partial charge is 0.446 e. The first kappa shape index (κ1) is 20.6. The van der Waals surface area contributed by atoms with Gasteiger partial charge in [-0.15, -0.1) is 0 Å². The number of nitrogens with zero attached hydrogens (tertiary/aromatic N) is 2. The van der Waals surface area contributed by atoms with Crippen molar-refractivity contribution < 1.29 is 23.5 Å². The molecule has 1 heterocycles. The maximum absolute atomic E-state index is 12.6. The molecule has 0 saturated heterocycles. The fourth-order valence-electron chi connectivity index (χ4n) is 2.38. The molecule has 0 aliphatic rings. The van der Waals surface area contributed by atoms with Gasteiger partial charge in [-0.05, 0) is 5.56 Å². The maximum Gasteiger partial charge on any atom is 0.273 e. The predicted octanol–water partition coefficient (Wildman–Crippen LogP) is 1.27. The third-order valence-corrected chi connectivity index (χ3v) is 3.82. The normalized spacial score (nSPS) is 10.6. The molecule has 0 saturated carbocycles. The number of ether oxygens (including phenoxy) is 2. The van der Waals surface area contributed by atoms with Gasteiger partial charge >= 0.3 is 0 Å². The molecule has 27 heavy (non-hydrogen) atoms. The van der Waals surface area contributed by atoms with Gasteiger partial charge in [-0.3, -0.25) is 9.59 Å². The monoisotopic (exact) mass is 375 g/mol. The van der Waals surface area contributed by atoms with Crippen LogP contribution in [0.3, 0.4) is 0 Å². The number of rotatable bonds is 11. The van der Waals surface area contributed by atoms with Crippen molar-refractivity contribution in [2.45, 2.75) is 13.0 Å². The molecule has 0 aliphatic heterocycles. The highest BCUT2D eigenvalue weighted by Gasteiger charge is 2.19. The van der Waals surface area contributed by atoms with Crippen molar-refractivity contribution >= 4 is 11.8 Å². The Kier molecular flexibility index (Phi) is 8.47. The average Bonchev–Trinajstić information content (AvgIpc) is 3.14. The molecule has 146 valence electrons. The first-order chi connectivity index (χ1) is 13.1. The van der Waals surface area contributed by atoms with Gasteiger partial charge in [-0.1, -0.05) is 30.3 Å². The topological polar surface area (TPSA) is 93.9 Å². The van der Waals surface area contributed by atoms with Gasteiger partial charge in [0.05, 0.1) is 26.2 Å². The van der Waals surface area contributed by atoms with Crippen molar-refractivity contribution in [2.75, 3.05) is 40.5 Å². The van der Waals surface area contributed by atoms with Crippen molar-refractivity contribution in [2.24, 2.45) is 0 Å². The lowest BCUT2D eigenvalue weighted by molar-refractivity contribution is -0.132. The van der Waals surface area contributed by atoms with E-state index in [1.54, 1.807) is 19.1 Å². The number of carbonyl (C=O) groups excluding carboxylic acids is 2. The van der Waals surface area contributed by atoms with Crippen LogP contribution in [0.25, 0.3) is 0 Å². The quantitative estimate of drug-likeness (QED) is 0.595. The van der Waals surface area contributed by atoms with Gasteiger partial charge in [0.15, 0.2) is 5.69 Å². The predicted molar refractivity (Wildman–Crippen MR) is 98.2 cm³/mol. The third kappa shape index (κ3) is 6.84. The van der Waals surface area contributed by atoms with Crippen molar-refractivity contribution in [1.82, 2.24) is 15.2 Å². The standard InChI is InChI=1S/C19H25N3O5/c1-25-10-8-20-19(24)16-14-27-17(21-16)13-22(9-11-26-2)18(23)12-15-6-4-3-5-7-15/h3-7,14H,8-13H2,1-2H3,(H,20,24). The van der Waals surface area contributed by atoms with Crippen LogP contribution >= 0.6 is 0 Å². The maximum atomic E-state index is 12.6. The van der Waals surface area contributed by atoms with Crippen LogP contribution in [0.2, 0.25) is 0 Å². The van der Waals surface area contributed by atoms with E-state index in [0.717, 1.165) is 5.56 Å². The van der Waals surface area contributed by atoms with Crippen molar-refractivity contribution in [3.63, 3.8) is 0 Å². The lowest BCUT2D eigenvalue weighted by atomic mass is 10.1. The van der Waals surface area contributed by atoms with Gasteiger partial charge < -0.3 is 24.1 Å². The molecule has 0 atom stereocenters. The molecule has 1 N–H and O–H groups in total. The molecule has 8 heteroatoms. The zero-order valence-corrected chi connectivity index (χ0v) is 15.6. The van der Waals surface area contributed by atoms with Gasteiger partial charge in [-0.2, -0.15) is 0 Å². The Bertz CT molecular complexity index is 717. The lowest BCUT2D eigenvalue weighted by Crippen LogP contribution is -2.34. The Morgan fingerprint density at radius 3 is 2.59 bits per heavy atom. The average molecular weight is 375 g/mol. The van der Waals surface area contributed by atoms with Crippen LogP contribution in [-0.4, -0.2) is 62.2 Å². The second kappa shape index (κ2) is 11.1. The molecule has 0 aliphatic carbocycles. The minimum absolute atomic E-state index is 0.0671. The van der Waals surface area contributed by atoms with E-state index in [0.29, 0.717) is 32.2 Å². The minimum atomic E-state index is -0.346. The molecule has 2 amide bonds. The highest BCUT2D eigenvalue weighted by Crippen LogP contribution is 2.09. The van der Waals surface area contributed by atoms with E-state index in [-0.39, 0.29) is 30.5 Å². The molecule has 0 radical (unpaired) electrons. The molecule has 0 spiro atoms. The summed E-state index contributed by atoms with van der Waals surface area (Å²) in [4.78, 5) is 30.4. The van der Waals surface area contributed by atoms with Crippen molar-refractivity contribution in [3.05, 3.63) is 53.7 Å². The van der Waals surface area contributed by atoms with Gasteiger partial charge in [-0.25, -0.2) is 4.98 Å². The van der Waals surface area contributed by atoms with Crippen LogP contribution in [-0.2, 0) is 27.2 Å². The van der Waals surface area contributed by atoms with Crippen LogP contribution in [0.5, 0.6) is 0 Å². The molecule has 1 aromatic carbocycles. The summed E-state index contributed by atoms with van der Waals surface area (Å²) in [6.45, 7) is 1.76. The van der Waals surface area contributed by atoms with Crippen molar-refractivity contribution in [1.29, 1.82) is 0 Å². The van der Waals surface area contributed by atoms with E-state index in [1.807, 2.05) is 30.3 Å². The summed E-state index contributed by atoms with van der Waals surface area (Å²) >= 11 is 0. The van der Waals surface area contributed by atoms with E-state index in [9.17, 15) is 9.59 Å². The first-order valence-corrected chi connectivity index (χ1v) is 8.66. The Morgan fingerprint density at radius 1 is 1.15 bits per heavy atom. The van der Waals surface area contributed by atoms with Crippen LogP contribution < -0.4 is 5.32 Å². The number of benzene rings is 1. The smallest absolute Gasteiger partial charge is 0.273 e. The molecular formula is C19H25N3O5. The summed E-state index contributed by atoms with van der Waals surface area (Å²) < 4.78 is 15.3.